The largest absolute Gasteiger partial charge is 0.478 e. The molecule has 2 aromatic carbocycles. The highest BCUT2D eigenvalue weighted by Gasteiger charge is 2.18. The van der Waals surface area contributed by atoms with Crippen LogP contribution in [0, 0.1) is 0 Å². The molecule has 7 nitrogen and oxygen atoms in total. The molecule has 0 bridgehead atoms. The number of aryl methyl sites for hydroxylation is 1. The monoisotopic (exact) mass is 439 g/mol. The van der Waals surface area contributed by atoms with Gasteiger partial charge in [0.1, 0.15) is 22.2 Å². The van der Waals surface area contributed by atoms with E-state index in [0.717, 1.165) is 30.7 Å². The number of hydrogen-bond donors (Lipinski definition) is 2. The van der Waals surface area contributed by atoms with E-state index in [1.165, 1.54) is 6.07 Å². The highest BCUT2D eigenvalue weighted by atomic mass is 35.5. The van der Waals surface area contributed by atoms with Gasteiger partial charge in [-0.2, -0.15) is 0 Å². The van der Waals surface area contributed by atoms with Gasteiger partial charge in [-0.1, -0.05) is 43.1 Å². The number of aliphatic hydroxyl groups is 1. The number of rotatable bonds is 8. The van der Waals surface area contributed by atoms with Gasteiger partial charge in [-0.25, -0.2) is 14.8 Å². The van der Waals surface area contributed by atoms with Crippen molar-refractivity contribution in [2.24, 2.45) is 0 Å². The fraction of sp³-hybridized carbons (Fsp3) is 0.261. The van der Waals surface area contributed by atoms with Crippen molar-refractivity contribution in [3.8, 4) is 11.5 Å². The molecule has 160 valence electrons. The van der Waals surface area contributed by atoms with Crippen molar-refractivity contribution < 1.29 is 19.4 Å². The van der Waals surface area contributed by atoms with Crippen LogP contribution in [0.4, 0.5) is 0 Å². The molecule has 0 saturated carbocycles. The van der Waals surface area contributed by atoms with Gasteiger partial charge < -0.3 is 19.2 Å². The molecule has 0 aliphatic heterocycles. The van der Waals surface area contributed by atoms with E-state index >= 15 is 0 Å². The molecule has 0 radical (unpaired) electrons. The average Bonchev–Trinajstić information content (AvgIpc) is 3.33. The van der Waals surface area contributed by atoms with Gasteiger partial charge in [-0.15, -0.1) is 0 Å². The second kappa shape index (κ2) is 8.91. The Balaban J connectivity index is 1.69. The standard InChI is InChI=1S/C23H22ClN3O4/c1-2-3-8-20-25-18(13-28)21(24)27(20)12-14-9-10-17-19(11-14)31-22(26-17)15-6-4-5-7-16(15)23(29)30/h4-7,9-11,28H,2-3,8,12-13H2,1H3,(H,29,30). The number of unbranched alkanes of at least 4 members (excludes halogenated alkanes) is 1. The predicted molar refractivity (Wildman–Crippen MR) is 117 cm³/mol. The minimum atomic E-state index is -1.03. The van der Waals surface area contributed by atoms with Crippen LogP contribution >= 0.6 is 11.6 Å². The molecule has 4 rings (SSSR count). The molecule has 0 spiro atoms. The number of aliphatic hydroxyl groups excluding tert-OH is 1. The molecule has 0 fully saturated rings. The molecular formula is C23H22ClN3O4. The molecule has 0 saturated heterocycles. The number of fused-ring (bicyclic) bond motifs is 1. The molecule has 8 heteroatoms. The third-order valence-electron chi connectivity index (χ3n) is 5.14. The number of oxazole rings is 1. The summed E-state index contributed by atoms with van der Waals surface area (Å²) in [7, 11) is 0. The zero-order valence-electron chi connectivity index (χ0n) is 17.0. The van der Waals surface area contributed by atoms with Crippen molar-refractivity contribution in [1.82, 2.24) is 14.5 Å². The van der Waals surface area contributed by atoms with Gasteiger partial charge in [-0.05, 0) is 36.2 Å². The predicted octanol–water partition coefficient (Wildman–Crippen LogP) is 4.93. The van der Waals surface area contributed by atoms with Crippen molar-refractivity contribution in [1.29, 1.82) is 0 Å². The number of aromatic carboxylic acids is 1. The lowest BCUT2D eigenvalue weighted by atomic mass is 10.1. The summed E-state index contributed by atoms with van der Waals surface area (Å²) >= 11 is 6.46. The summed E-state index contributed by atoms with van der Waals surface area (Å²) in [6.07, 6.45) is 2.78. The molecular weight excluding hydrogens is 418 g/mol. The number of benzene rings is 2. The highest BCUT2D eigenvalue weighted by molar-refractivity contribution is 6.30. The van der Waals surface area contributed by atoms with Gasteiger partial charge in [0.2, 0.25) is 5.89 Å². The summed E-state index contributed by atoms with van der Waals surface area (Å²) in [4.78, 5) is 20.5. The van der Waals surface area contributed by atoms with Crippen LogP contribution in [0.2, 0.25) is 5.15 Å². The maximum absolute atomic E-state index is 11.5. The zero-order valence-corrected chi connectivity index (χ0v) is 17.8. The van der Waals surface area contributed by atoms with Crippen LogP contribution in [0.25, 0.3) is 22.6 Å². The Labute approximate surface area is 183 Å². The first-order valence-electron chi connectivity index (χ1n) is 10.1. The lowest BCUT2D eigenvalue weighted by molar-refractivity contribution is 0.0697. The van der Waals surface area contributed by atoms with Gasteiger partial charge in [0.25, 0.3) is 0 Å². The van der Waals surface area contributed by atoms with E-state index in [1.54, 1.807) is 18.2 Å². The quantitative estimate of drug-likeness (QED) is 0.403. The Kier molecular flexibility index (Phi) is 6.06. The van der Waals surface area contributed by atoms with Gasteiger partial charge in [0.15, 0.2) is 5.58 Å². The lowest BCUT2D eigenvalue weighted by Gasteiger charge is -2.09. The first-order valence-corrected chi connectivity index (χ1v) is 10.5. The highest BCUT2D eigenvalue weighted by Crippen LogP contribution is 2.28. The van der Waals surface area contributed by atoms with Crippen LogP contribution in [0.15, 0.2) is 46.9 Å². The molecule has 0 aliphatic rings. The minimum absolute atomic E-state index is 0.136. The van der Waals surface area contributed by atoms with Crippen LogP contribution in [0.5, 0.6) is 0 Å². The van der Waals surface area contributed by atoms with Crippen LogP contribution in [-0.4, -0.2) is 30.7 Å². The summed E-state index contributed by atoms with van der Waals surface area (Å²) in [5.74, 6) is 0.0641. The number of carbonyl (C=O) groups is 1. The molecule has 0 unspecified atom stereocenters. The van der Waals surface area contributed by atoms with E-state index in [0.29, 0.717) is 34.1 Å². The fourth-order valence-corrected chi connectivity index (χ4v) is 3.80. The van der Waals surface area contributed by atoms with E-state index in [9.17, 15) is 15.0 Å². The molecule has 31 heavy (non-hydrogen) atoms. The zero-order chi connectivity index (χ0) is 22.0. The van der Waals surface area contributed by atoms with Gasteiger partial charge in [-0.3, -0.25) is 0 Å². The van der Waals surface area contributed by atoms with E-state index in [4.69, 9.17) is 16.0 Å². The minimum Gasteiger partial charge on any atom is -0.478 e. The number of nitrogens with zero attached hydrogens (tertiary/aromatic N) is 3. The first kappa shape index (κ1) is 21.1. The van der Waals surface area contributed by atoms with Crippen LogP contribution in [0.3, 0.4) is 0 Å². The van der Waals surface area contributed by atoms with Crippen LogP contribution < -0.4 is 0 Å². The fourth-order valence-electron chi connectivity index (χ4n) is 3.54. The van der Waals surface area contributed by atoms with Crippen LogP contribution in [-0.2, 0) is 19.6 Å². The Morgan fingerprint density at radius 2 is 2.00 bits per heavy atom. The van der Waals surface area contributed by atoms with Gasteiger partial charge in [0, 0.05) is 6.42 Å². The number of imidazole rings is 1. The Bertz CT molecular complexity index is 1250. The smallest absolute Gasteiger partial charge is 0.336 e. The average molecular weight is 440 g/mol. The van der Waals surface area contributed by atoms with Crippen molar-refractivity contribution in [2.75, 3.05) is 0 Å². The molecule has 0 aliphatic carbocycles. The second-order valence-corrected chi connectivity index (χ2v) is 7.64. The van der Waals surface area contributed by atoms with E-state index < -0.39 is 5.97 Å². The van der Waals surface area contributed by atoms with Gasteiger partial charge >= 0.3 is 5.97 Å². The molecule has 4 aromatic rings. The Hall–Kier alpha value is -3.16. The normalized spacial score (nSPS) is 11.3. The third kappa shape index (κ3) is 4.19. The molecule has 0 atom stereocenters. The topological polar surface area (TPSA) is 101 Å². The summed E-state index contributed by atoms with van der Waals surface area (Å²) in [5, 5.41) is 19.4. The van der Waals surface area contributed by atoms with E-state index in [1.807, 2.05) is 22.8 Å². The number of hydrogen-bond acceptors (Lipinski definition) is 5. The molecule has 2 aromatic heterocycles. The second-order valence-electron chi connectivity index (χ2n) is 7.29. The Morgan fingerprint density at radius 1 is 1.19 bits per heavy atom. The van der Waals surface area contributed by atoms with Crippen molar-refractivity contribution in [3.63, 3.8) is 0 Å². The van der Waals surface area contributed by atoms with Crippen molar-refractivity contribution >= 4 is 28.7 Å². The maximum atomic E-state index is 11.5. The summed E-state index contributed by atoms with van der Waals surface area (Å²) in [6.45, 7) is 2.38. The maximum Gasteiger partial charge on any atom is 0.336 e. The van der Waals surface area contributed by atoms with Crippen LogP contribution in [0.1, 0.15) is 47.2 Å². The van der Waals surface area contributed by atoms with Crippen molar-refractivity contribution in [2.45, 2.75) is 39.3 Å². The summed E-state index contributed by atoms with van der Waals surface area (Å²) in [5.41, 5.74) is 3.17. The third-order valence-corrected chi connectivity index (χ3v) is 5.56. The molecule has 2 N–H and O–H groups in total. The number of carboxylic acids is 1. The summed E-state index contributed by atoms with van der Waals surface area (Å²) in [6, 6.07) is 12.2. The van der Waals surface area contributed by atoms with E-state index in [2.05, 4.69) is 16.9 Å². The number of carboxylic acid groups (broad SMARTS) is 1. The number of halogens is 1. The SMILES string of the molecule is CCCCc1nc(CO)c(Cl)n1Cc1ccc2nc(-c3ccccc3C(=O)O)oc2c1. The van der Waals surface area contributed by atoms with E-state index in [-0.39, 0.29) is 18.1 Å². The van der Waals surface area contributed by atoms with Crippen molar-refractivity contribution in [3.05, 3.63) is 70.3 Å². The first-order chi connectivity index (χ1) is 15.0. The molecule has 2 heterocycles. The molecule has 0 amide bonds. The Morgan fingerprint density at radius 3 is 2.74 bits per heavy atom. The summed E-state index contributed by atoms with van der Waals surface area (Å²) < 4.78 is 7.81. The lowest BCUT2D eigenvalue weighted by Crippen LogP contribution is -2.05. The van der Waals surface area contributed by atoms with Gasteiger partial charge in [0.05, 0.1) is 24.3 Å². The number of aromatic nitrogens is 3.